The van der Waals surface area contributed by atoms with Gasteiger partial charge in [0.1, 0.15) is 17.1 Å². The molecule has 0 radical (unpaired) electrons. The Morgan fingerprint density at radius 3 is 2.28 bits per heavy atom. The van der Waals surface area contributed by atoms with Gasteiger partial charge in [-0.25, -0.2) is 9.00 Å². The quantitative estimate of drug-likeness (QED) is 0.174. The number of nitro benzene ring substituents is 1. The third-order valence-electron chi connectivity index (χ3n) is 5.23. The van der Waals surface area contributed by atoms with E-state index in [0.29, 0.717) is 6.07 Å². The molecule has 9 nitrogen and oxygen atoms in total. The minimum Gasteiger partial charge on any atom is -0.456 e. The topological polar surface area (TPSA) is 125 Å². The maximum Gasteiger partial charge on any atom is 0.416 e. The van der Waals surface area contributed by atoms with Crippen LogP contribution in [0, 0.1) is 17.0 Å². The van der Waals surface area contributed by atoms with E-state index in [1.54, 1.807) is 24.3 Å². The summed E-state index contributed by atoms with van der Waals surface area (Å²) in [6.45, 7) is 2.98. The molecule has 0 heterocycles. The molecule has 3 aromatic rings. The highest BCUT2D eigenvalue weighted by Crippen LogP contribution is 2.37. The summed E-state index contributed by atoms with van der Waals surface area (Å²) in [5, 5.41) is 11.1. The Morgan fingerprint density at radius 1 is 1.08 bits per heavy atom. The number of alkyl halides is 3. The number of nitrogens with zero attached hydrogens (tertiary/aromatic N) is 2. The van der Waals surface area contributed by atoms with Gasteiger partial charge >= 0.3 is 12.1 Å². The number of carbonyl (C=O) groups is 2. The van der Waals surface area contributed by atoms with Crippen molar-refractivity contribution in [1.82, 2.24) is 0 Å². The Balaban J connectivity index is 1.85. The molecule has 0 aliphatic rings. The van der Waals surface area contributed by atoms with Crippen LogP contribution in [0.25, 0.3) is 0 Å². The van der Waals surface area contributed by atoms with Gasteiger partial charge in [0, 0.05) is 23.3 Å². The van der Waals surface area contributed by atoms with Crippen LogP contribution >= 0.6 is 11.6 Å². The maximum atomic E-state index is 12.9. The number of benzene rings is 3. The number of amides is 1. The van der Waals surface area contributed by atoms with E-state index in [2.05, 4.69) is 4.36 Å². The molecule has 14 heteroatoms. The van der Waals surface area contributed by atoms with Crippen molar-refractivity contribution in [3.05, 3.63) is 92.5 Å². The van der Waals surface area contributed by atoms with E-state index in [0.717, 1.165) is 42.8 Å². The molecule has 206 valence electrons. The van der Waals surface area contributed by atoms with Crippen LogP contribution in [-0.2, 0) is 25.4 Å². The standard InChI is InChI=1S/C25H20ClF3N2O7S/c1-14-4-8-18(9-5-14)39(3,36)30-23(32)15(2)37-24(33)19-13-17(7-10-21(19)31(34)35)38-22-11-6-16(12-20(22)26)25(27,28)29/h4-13,15H,1-3H3. The summed E-state index contributed by atoms with van der Waals surface area (Å²) >= 11 is 5.88. The van der Waals surface area contributed by atoms with Crippen molar-refractivity contribution in [2.45, 2.75) is 31.0 Å². The predicted octanol–water partition coefficient (Wildman–Crippen LogP) is 6.60. The second kappa shape index (κ2) is 11.4. The molecule has 2 atom stereocenters. The zero-order valence-electron chi connectivity index (χ0n) is 20.5. The smallest absolute Gasteiger partial charge is 0.416 e. The van der Waals surface area contributed by atoms with Gasteiger partial charge in [0.15, 0.2) is 6.10 Å². The highest BCUT2D eigenvalue weighted by molar-refractivity contribution is 7.93. The summed E-state index contributed by atoms with van der Waals surface area (Å²) < 4.78 is 65.7. The number of aryl methyl sites for hydroxylation is 1. The number of ether oxygens (including phenoxy) is 2. The lowest BCUT2D eigenvalue weighted by Crippen LogP contribution is -2.24. The van der Waals surface area contributed by atoms with Gasteiger partial charge in [-0.3, -0.25) is 14.9 Å². The first-order chi connectivity index (χ1) is 18.1. The second-order valence-electron chi connectivity index (χ2n) is 8.27. The van der Waals surface area contributed by atoms with Crippen molar-refractivity contribution in [3.8, 4) is 11.5 Å². The first kappa shape index (κ1) is 29.6. The molecule has 39 heavy (non-hydrogen) atoms. The number of nitro groups is 1. The van der Waals surface area contributed by atoms with Gasteiger partial charge < -0.3 is 9.47 Å². The highest BCUT2D eigenvalue weighted by atomic mass is 35.5. The normalized spacial score (nSPS) is 13.6. The summed E-state index contributed by atoms with van der Waals surface area (Å²) in [5.41, 5.74) is -1.43. The van der Waals surface area contributed by atoms with E-state index in [1.807, 2.05) is 6.92 Å². The SMILES string of the molecule is Cc1ccc(S(C)(=O)=NC(=O)C(C)OC(=O)c2cc(Oc3ccc(C(F)(F)F)cc3Cl)ccc2[N+](=O)[O-])cc1. The van der Waals surface area contributed by atoms with Gasteiger partial charge in [-0.05, 0) is 50.2 Å². The molecule has 0 aromatic heterocycles. The van der Waals surface area contributed by atoms with Crippen LogP contribution in [0.1, 0.15) is 28.4 Å². The van der Waals surface area contributed by atoms with Gasteiger partial charge in [0.2, 0.25) is 0 Å². The van der Waals surface area contributed by atoms with Gasteiger partial charge in [0.25, 0.3) is 11.6 Å². The molecule has 0 aliphatic carbocycles. The predicted molar refractivity (Wildman–Crippen MR) is 135 cm³/mol. The monoisotopic (exact) mass is 584 g/mol. The summed E-state index contributed by atoms with van der Waals surface area (Å²) in [6.07, 6.45) is -4.96. The van der Waals surface area contributed by atoms with Crippen LogP contribution in [0.5, 0.6) is 11.5 Å². The third-order valence-corrected chi connectivity index (χ3v) is 7.20. The van der Waals surface area contributed by atoms with Crippen LogP contribution < -0.4 is 4.74 Å². The van der Waals surface area contributed by atoms with Crippen LogP contribution in [0.4, 0.5) is 18.9 Å². The van der Waals surface area contributed by atoms with Crippen LogP contribution in [-0.4, -0.2) is 33.4 Å². The maximum absolute atomic E-state index is 12.9. The summed E-state index contributed by atoms with van der Waals surface area (Å²) in [4.78, 5) is 36.2. The number of halogens is 4. The summed E-state index contributed by atoms with van der Waals surface area (Å²) in [6, 6.07) is 11.7. The average molecular weight is 585 g/mol. The zero-order chi connectivity index (χ0) is 29.1. The molecule has 3 rings (SSSR count). The zero-order valence-corrected chi connectivity index (χ0v) is 22.1. The van der Waals surface area contributed by atoms with Crippen molar-refractivity contribution in [2.75, 3.05) is 6.26 Å². The van der Waals surface area contributed by atoms with Crippen LogP contribution in [0.3, 0.4) is 0 Å². The molecular weight excluding hydrogens is 565 g/mol. The molecule has 0 aliphatic heterocycles. The lowest BCUT2D eigenvalue weighted by atomic mass is 10.1. The molecule has 2 unspecified atom stereocenters. The fourth-order valence-corrected chi connectivity index (χ4v) is 4.61. The fourth-order valence-electron chi connectivity index (χ4n) is 3.15. The number of hydrogen-bond donors (Lipinski definition) is 0. The Bertz CT molecular complexity index is 1570. The molecule has 1 amide bonds. The number of rotatable bonds is 7. The van der Waals surface area contributed by atoms with E-state index in [9.17, 15) is 37.1 Å². The highest BCUT2D eigenvalue weighted by Gasteiger charge is 2.31. The van der Waals surface area contributed by atoms with Crippen molar-refractivity contribution >= 4 is 38.9 Å². The third kappa shape index (κ3) is 7.33. The fraction of sp³-hybridized carbons (Fsp3) is 0.200. The largest absolute Gasteiger partial charge is 0.456 e. The van der Waals surface area contributed by atoms with E-state index < -0.39 is 60.6 Å². The molecular formula is C25H20ClF3N2O7S. The molecule has 0 fully saturated rings. The Hall–Kier alpha value is -3.97. The molecule has 3 aromatic carbocycles. The number of carbonyl (C=O) groups excluding carboxylic acids is 2. The van der Waals surface area contributed by atoms with E-state index in [-0.39, 0.29) is 16.4 Å². The van der Waals surface area contributed by atoms with Crippen molar-refractivity contribution < 1.29 is 41.4 Å². The lowest BCUT2D eigenvalue weighted by Gasteiger charge is -2.13. The van der Waals surface area contributed by atoms with Gasteiger partial charge in [-0.15, -0.1) is 0 Å². The van der Waals surface area contributed by atoms with Gasteiger partial charge in [-0.2, -0.15) is 17.5 Å². The number of hydrogen-bond acceptors (Lipinski definition) is 7. The molecule has 0 saturated carbocycles. The molecule has 0 spiro atoms. The first-order valence-electron chi connectivity index (χ1n) is 10.9. The Morgan fingerprint density at radius 2 is 1.72 bits per heavy atom. The van der Waals surface area contributed by atoms with E-state index >= 15 is 0 Å². The van der Waals surface area contributed by atoms with E-state index in [4.69, 9.17) is 21.1 Å². The number of esters is 1. The first-order valence-corrected chi connectivity index (χ1v) is 13.3. The molecule has 0 bridgehead atoms. The van der Waals surface area contributed by atoms with Gasteiger partial charge in [0.05, 0.1) is 25.2 Å². The van der Waals surface area contributed by atoms with Crippen molar-refractivity contribution in [3.63, 3.8) is 0 Å². The van der Waals surface area contributed by atoms with Crippen LogP contribution in [0.15, 0.2) is 69.9 Å². The average Bonchev–Trinajstić information content (AvgIpc) is 2.84. The van der Waals surface area contributed by atoms with Crippen molar-refractivity contribution in [2.24, 2.45) is 4.36 Å². The lowest BCUT2D eigenvalue weighted by molar-refractivity contribution is -0.385. The van der Waals surface area contributed by atoms with Crippen molar-refractivity contribution in [1.29, 1.82) is 0 Å². The second-order valence-corrected chi connectivity index (χ2v) is 10.9. The Kier molecular flexibility index (Phi) is 8.66. The molecule has 0 saturated heterocycles. The minimum atomic E-state index is -4.64. The van der Waals surface area contributed by atoms with E-state index in [1.165, 1.54) is 6.26 Å². The van der Waals surface area contributed by atoms with Crippen LogP contribution in [0.2, 0.25) is 5.02 Å². The summed E-state index contributed by atoms with van der Waals surface area (Å²) in [5.74, 6) is -2.73. The Labute approximate surface area is 225 Å². The molecule has 0 N–H and O–H groups in total. The summed E-state index contributed by atoms with van der Waals surface area (Å²) in [7, 11) is -3.18. The van der Waals surface area contributed by atoms with Gasteiger partial charge in [-0.1, -0.05) is 29.3 Å². The minimum absolute atomic E-state index is 0.186.